The monoisotopic (exact) mass is 693 g/mol. The van der Waals surface area contributed by atoms with Gasteiger partial charge in [-0.05, 0) is 77.6 Å². The van der Waals surface area contributed by atoms with Crippen LogP contribution in [0.3, 0.4) is 0 Å². The van der Waals surface area contributed by atoms with Gasteiger partial charge in [-0.2, -0.15) is 0 Å². The molecule has 10 nitrogen and oxygen atoms in total. The van der Waals surface area contributed by atoms with Crippen molar-refractivity contribution in [2.24, 2.45) is 11.8 Å². The van der Waals surface area contributed by atoms with Gasteiger partial charge in [-0.25, -0.2) is 4.79 Å². The summed E-state index contributed by atoms with van der Waals surface area (Å²) >= 11 is 6.45. The van der Waals surface area contributed by atoms with E-state index in [1.54, 1.807) is 18.3 Å². The summed E-state index contributed by atoms with van der Waals surface area (Å²) in [6.07, 6.45) is 2.30. The van der Waals surface area contributed by atoms with Gasteiger partial charge in [-0.3, -0.25) is 9.59 Å². The number of ketones is 1. The molecule has 50 heavy (non-hydrogen) atoms. The molecule has 3 heterocycles. The number of cyclic esters (lactones) is 1. The number of ether oxygens (including phenoxy) is 6. The van der Waals surface area contributed by atoms with E-state index in [-0.39, 0.29) is 41.5 Å². The fourth-order valence-electron chi connectivity index (χ4n) is 7.46. The largest absolute Gasteiger partial charge is 0.493 e. The molecule has 11 heteroatoms. The van der Waals surface area contributed by atoms with E-state index in [1.807, 2.05) is 66.1 Å². The van der Waals surface area contributed by atoms with E-state index in [1.165, 1.54) is 14.2 Å². The molecular formula is C39H32ClNO9. The van der Waals surface area contributed by atoms with Crippen molar-refractivity contribution in [3.05, 3.63) is 111 Å². The second-order valence-electron chi connectivity index (χ2n) is 12.8. The first kappa shape index (κ1) is 31.8. The topological polar surface area (TPSA) is 112 Å². The van der Waals surface area contributed by atoms with Crippen LogP contribution in [0.15, 0.2) is 72.9 Å². The van der Waals surface area contributed by atoms with Gasteiger partial charge in [0.25, 0.3) is 5.78 Å². The number of carbonyl (C=O) groups excluding carboxylic acids is 3. The molecule has 0 amide bonds. The number of methoxy groups -OCH3 is 2. The van der Waals surface area contributed by atoms with Gasteiger partial charge in [0.1, 0.15) is 0 Å². The van der Waals surface area contributed by atoms with Gasteiger partial charge >= 0.3 is 11.9 Å². The number of aromatic nitrogens is 1. The SMILES string of the molecule is COc1cc([C@@H]2c3cc4c(cc3C[C@H]3COC(=O)[C@@H]32)OCO4)cc(OC)c1OC(=O)C(=O)c1cn(Cc2ccccc2Cl)c2cc(C)ccc12. The van der Waals surface area contributed by atoms with Crippen LogP contribution in [0.5, 0.6) is 28.7 Å². The van der Waals surface area contributed by atoms with E-state index in [0.717, 1.165) is 27.8 Å². The second kappa shape index (κ2) is 12.4. The summed E-state index contributed by atoms with van der Waals surface area (Å²) in [5.41, 5.74) is 5.46. The molecule has 4 aromatic carbocycles. The van der Waals surface area contributed by atoms with Crippen molar-refractivity contribution in [2.45, 2.75) is 25.8 Å². The number of fused-ring (bicyclic) bond motifs is 4. The number of halogens is 1. The van der Waals surface area contributed by atoms with Crippen LogP contribution in [-0.2, 0) is 27.3 Å². The third-order valence-electron chi connectivity index (χ3n) is 9.83. The van der Waals surface area contributed by atoms with Crippen LogP contribution in [-0.4, -0.2) is 49.9 Å². The van der Waals surface area contributed by atoms with Gasteiger partial charge in [0.15, 0.2) is 23.0 Å². The van der Waals surface area contributed by atoms with Crippen LogP contribution in [0, 0.1) is 18.8 Å². The van der Waals surface area contributed by atoms with Crippen LogP contribution < -0.4 is 23.7 Å². The molecule has 0 spiro atoms. The highest BCUT2D eigenvalue weighted by Crippen LogP contribution is 2.52. The maximum atomic E-state index is 13.8. The van der Waals surface area contributed by atoms with E-state index in [4.69, 9.17) is 40.0 Å². The maximum Gasteiger partial charge on any atom is 0.385 e. The quantitative estimate of drug-likeness (QED) is 0.0762. The van der Waals surface area contributed by atoms with E-state index >= 15 is 0 Å². The van der Waals surface area contributed by atoms with E-state index in [2.05, 4.69) is 0 Å². The Kier molecular flexibility index (Phi) is 7.91. The number of aryl methyl sites for hydroxylation is 1. The highest BCUT2D eigenvalue weighted by atomic mass is 35.5. The zero-order chi connectivity index (χ0) is 34.7. The summed E-state index contributed by atoms with van der Waals surface area (Å²) < 4.78 is 36.0. The molecule has 1 aliphatic carbocycles. The number of benzene rings is 4. The lowest BCUT2D eigenvalue weighted by Gasteiger charge is -2.34. The van der Waals surface area contributed by atoms with E-state index < -0.39 is 23.6 Å². The molecule has 0 radical (unpaired) electrons. The Balaban J connectivity index is 1.15. The lowest BCUT2D eigenvalue weighted by molar-refractivity contribution is -0.141. The third kappa shape index (κ3) is 5.31. The zero-order valence-corrected chi connectivity index (χ0v) is 28.2. The van der Waals surface area contributed by atoms with Crippen LogP contribution in [0.4, 0.5) is 0 Å². The number of nitrogens with zero attached hydrogens (tertiary/aromatic N) is 1. The summed E-state index contributed by atoms with van der Waals surface area (Å²) in [6.45, 7) is 2.79. The van der Waals surface area contributed by atoms with Crippen LogP contribution >= 0.6 is 11.6 Å². The predicted octanol–water partition coefficient (Wildman–Crippen LogP) is 6.66. The molecule has 1 saturated heterocycles. The number of carbonyl (C=O) groups is 3. The van der Waals surface area contributed by atoms with Crippen LogP contribution in [0.1, 0.15) is 44.1 Å². The lowest BCUT2D eigenvalue weighted by atomic mass is 9.67. The first-order valence-corrected chi connectivity index (χ1v) is 16.6. The Morgan fingerprint density at radius 2 is 1.68 bits per heavy atom. The molecule has 2 aliphatic heterocycles. The van der Waals surface area contributed by atoms with Gasteiger partial charge in [0.2, 0.25) is 12.5 Å². The minimum absolute atomic E-state index is 0.0451. The zero-order valence-electron chi connectivity index (χ0n) is 27.5. The number of hydrogen-bond acceptors (Lipinski definition) is 9. The maximum absolute atomic E-state index is 13.8. The van der Waals surface area contributed by atoms with Crippen molar-refractivity contribution < 1.29 is 42.8 Å². The Morgan fingerprint density at radius 3 is 2.42 bits per heavy atom. The summed E-state index contributed by atoms with van der Waals surface area (Å²) in [6, 6.07) is 20.4. The van der Waals surface area contributed by atoms with Gasteiger partial charge in [0, 0.05) is 40.5 Å². The van der Waals surface area contributed by atoms with Crippen LogP contribution in [0.25, 0.3) is 10.9 Å². The Morgan fingerprint density at radius 1 is 0.940 bits per heavy atom. The van der Waals surface area contributed by atoms with Crippen molar-refractivity contribution in [1.82, 2.24) is 4.57 Å². The van der Waals surface area contributed by atoms with Gasteiger partial charge in [0.05, 0.1) is 32.3 Å². The molecule has 8 rings (SSSR count). The number of esters is 2. The van der Waals surface area contributed by atoms with Crippen molar-refractivity contribution >= 4 is 40.2 Å². The highest BCUT2D eigenvalue weighted by molar-refractivity contribution is 6.43. The molecule has 1 fully saturated rings. The molecule has 3 atom stereocenters. The molecule has 0 N–H and O–H groups in total. The number of hydrogen-bond donors (Lipinski definition) is 0. The highest BCUT2D eigenvalue weighted by Gasteiger charge is 2.48. The average molecular weight is 694 g/mol. The second-order valence-corrected chi connectivity index (χ2v) is 13.2. The number of rotatable bonds is 8. The van der Waals surface area contributed by atoms with Crippen molar-refractivity contribution in [3.8, 4) is 28.7 Å². The Hall–Kier alpha value is -5.48. The summed E-state index contributed by atoms with van der Waals surface area (Å²) in [7, 11) is 2.86. The molecule has 1 aromatic heterocycles. The van der Waals surface area contributed by atoms with Gasteiger partial charge in [-0.1, -0.05) is 41.9 Å². The third-order valence-corrected chi connectivity index (χ3v) is 10.2. The van der Waals surface area contributed by atoms with E-state index in [0.29, 0.717) is 47.0 Å². The molecule has 254 valence electrons. The smallest absolute Gasteiger partial charge is 0.385 e. The van der Waals surface area contributed by atoms with Crippen molar-refractivity contribution in [3.63, 3.8) is 0 Å². The van der Waals surface area contributed by atoms with Gasteiger partial charge in [-0.15, -0.1) is 0 Å². The van der Waals surface area contributed by atoms with Gasteiger partial charge < -0.3 is 33.0 Å². The van der Waals surface area contributed by atoms with E-state index in [9.17, 15) is 14.4 Å². The van der Waals surface area contributed by atoms with Crippen LogP contribution in [0.2, 0.25) is 5.02 Å². The molecular weight excluding hydrogens is 662 g/mol. The van der Waals surface area contributed by atoms with Crippen molar-refractivity contribution in [1.29, 1.82) is 0 Å². The minimum Gasteiger partial charge on any atom is -0.493 e. The summed E-state index contributed by atoms with van der Waals surface area (Å²) in [5, 5.41) is 1.20. The Labute approximate surface area is 292 Å². The molecule has 0 unspecified atom stereocenters. The standard InChI is InChI=1S/C39H32ClNO9/c1-20-8-9-25-27(17-41(29(25)10-20)16-21-6-4-5-7-28(21)40)36(42)39(44)50-37-32(45-2)13-23(14-33(37)46-3)34-26-15-31-30(48-19-49-31)12-22(26)11-24-18-47-38(43)35(24)34/h4-10,12-15,17,24,34-35H,11,16,18-19H2,1-3H3/t24-,34+,35-/m0/s1. The summed E-state index contributed by atoms with van der Waals surface area (Å²) in [5.74, 6) is -1.64. The number of Topliss-reactive ketones (excluding diaryl/α,β-unsaturated/α-hetero) is 1. The fourth-order valence-corrected chi connectivity index (χ4v) is 7.65. The normalized spacial score (nSPS) is 18.7. The first-order chi connectivity index (χ1) is 24.2. The fraction of sp³-hybridized carbons (Fsp3) is 0.256. The Bertz CT molecular complexity index is 2200. The molecule has 5 aromatic rings. The minimum atomic E-state index is -1.11. The molecule has 0 bridgehead atoms. The first-order valence-electron chi connectivity index (χ1n) is 16.2. The lowest BCUT2D eigenvalue weighted by Crippen LogP contribution is -2.31. The molecule has 3 aliphatic rings. The molecule has 0 saturated carbocycles. The predicted molar refractivity (Wildman–Crippen MR) is 183 cm³/mol. The average Bonchev–Trinajstić information content (AvgIpc) is 3.83. The summed E-state index contributed by atoms with van der Waals surface area (Å²) in [4.78, 5) is 40.6. The van der Waals surface area contributed by atoms with Crippen molar-refractivity contribution in [2.75, 3.05) is 27.6 Å².